The first-order chi connectivity index (χ1) is 8.60. The average Bonchev–Trinajstić information content (AvgIpc) is 2.71. The third kappa shape index (κ3) is 2.91. The Morgan fingerprint density at radius 3 is 2.39 bits per heavy atom. The van der Waals surface area contributed by atoms with Gasteiger partial charge in [-0.05, 0) is 23.5 Å². The van der Waals surface area contributed by atoms with Crippen LogP contribution in [0.3, 0.4) is 0 Å². The number of nitrogens with zero attached hydrogens (tertiary/aromatic N) is 1. The smallest absolute Gasteiger partial charge is 0.222 e. The number of amides is 1. The molecule has 3 heteroatoms. The molecule has 2 N–H and O–H groups in total. The van der Waals surface area contributed by atoms with E-state index in [1.165, 1.54) is 11.1 Å². The van der Waals surface area contributed by atoms with Crippen molar-refractivity contribution in [2.24, 2.45) is 17.6 Å². The molecule has 0 saturated carbocycles. The summed E-state index contributed by atoms with van der Waals surface area (Å²) in [4.78, 5) is 13.6. The predicted molar refractivity (Wildman–Crippen MR) is 72.9 cm³/mol. The second-order valence-electron chi connectivity index (χ2n) is 5.35. The van der Waals surface area contributed by atoms with Crippen molar-refractivity contribution in [3.8, 4) is 0 Å². The van der Waals surface area contributed by atoms with Gasteiger partial charge in [-0.2, -0.15) is 0 Å². The molecule has 0 aliphatic carbocycles. The van der Waals surface area contributed by atoms with Crippen molar-refractivity contribution in [3.05, 3.63) is 35.4 Å². The van der Waals surface area contributed by atoms with Crippen LogP contribution in [-0.2, 0) is 17.8 Å². The highest BCUT2D eigenvalue weighted by molar-refractivity contribution is 5.77. The van der Waals surface area contributed by atoms with Gasteiger partial charge in [-0.1, -0.05) is 38.1 Å². The zero-order valence-corrected chi connectivity index (χ0v) is 11.2. The van der Waals surface area contributed by atoms with E-state index in [9.17, 15) is 4.79 Å². The van der Waals surface area contributed by atoms with Gasteiger partial charge in [0.2, 0.25) is 5.91 Å². The number of hydrogen-bond donors (Lipinski definition) is 1. The molecule has 1 aliphatic rings. The van der Waals surface area contributed by atoms with Crippen molar-refractivity contribution in [1.29, 1.82) is 0 Å². The van der Waals surface area contributed by atoms with Crippen LogP contribution in [0.5, 0.6) is 0 Å². The minimum atomic E-state index is -0.161. The van der Waals surface area contributed by atoms with Gasteiger partial charge in [0, 0.05) is 19.6 Å². The zero-order chi connectivity index (χ0) is 13.1. The van der Waals surface area contributed by atoms with Crippen LogP contribution >= 0.6 is 0 Å². The van der Waals surface area contributed by atoms with E-state index >= 15 is 0 Å². The molecule has 2 rings (SSSR count). The first-order valence-corrected chi connectivity index (χ1v) is 6.69. The lowest BCUT2D eigenvalue weighted by Gasteiger charge is -2.15. The number of likely N-dealkylation sites (tertiary alicyclic amines) is 1. The second kappa shape index (κ2) is 5.53. The first-order valence-electron chi connectivity index (χ1n) is 6.69. The number of benzene rings is 1. The van der Waals surface area contributed by atoms with Gasteiger partial charge < -0.3 is 5.73 Å². The van der Waals surface area contributed by atoms with Crippen LogP contribution in [-0.4, -0.2) is 23.9 Å². The number of hydrogen-bond acceptors (Lipinski definition) is 2. The minimum absolute atomic E-state index is 0.0138. The molecule has 1 saturated heterocycles. The second-order valence-corrected chi connectivity index (χ2v) is 5.35. The van der Waals surface area contributed by atoms with Gasteiger partial charge in [0.25, 0.3) is 0 Å². The van der Waals surface area contributed by atoms with Crippen molar-refractivity contribution in [3.63, 3.8) is 0 Å². The summed E-state index contributed by atoms with van der Waals surface area (Å²) >= 11 is 0. The van der Waals surface area contributed by atoms with Crippen molar-refractivity contribution < 1.29 is 4.79 Å². The van der Waals surface area contributed by atoms with E-state index in [4.69, 9.17) is 5.73 Å². The first kappa shape index (κ1) is 13.1. The van der Waals surface area contributed by atoms with Gasteiger partial charge in [-0.3, -0.25) is 9.69 Å². The summed E-state index contributed by atoms with van der Waals surface area (Å²) in [6.07, 6.45) is 1.07. The van der Waals surface area contributed by atoms with Gasteiger partial charge in [0.15, 0.2) is 0 Å². The van der Waals surface area contributed by atoms with E-state index in [0.29, 0.717) is 5.92 Å². The molecule has 18 heavy (non-hydrogen) atoms. The standard InChI is InChI=1S/C15H22N2O/c1-3-12-4-6-13(7-5-12)9-17-8-11(2)14(10-17)15(16)18/h4-7,11,14H,3,8-10H2,1-2H3,(H2,16,18)/t11-,14-/m1/s1. The maximum absolute atomic E-state index is 11.3. The van der Waals surface area contributed by atoms with Crippen molar-refractivity contribution in [2.45, 2.75) is 26.8 Å². The molecule has 0 spiro atoms. The minimum Gasteiger partial charge on any atom is -0.369 e. The van der Waals surface area contributed by atoms with E-state index < -0.39 is 0 Å². The van der Waals surface area contributed by atoms with Crippen molar-refractivity contribution in [2.75, 3.05) is 13.1 Å². The summed E-state index contributed by atoms with van der Waals surface area (Å²) in [7, 11) is 0. The van der Waals surface area contributed by atoms with Crippen LogP contribution < -0.4 is 5.73 Å². The fourth-order valence-corrected chi connectivity index (χ4v) is 2.71. The molecule has 1 heterocycles. The number of nitrogens with two attached hydrogens (primary N) is 1. The average molecular weight is 246 g/mol. The SMILES string of the molecule is CCc1ccc(CN2C[C@@H](C)[C@H](C(N)=O)C2)cc1. The molecule has 1 amide bonds. The Bertz CT molecular complexity index is 413. The summed E-state index contributed by atoms with van der Waals surface area (Å²) in [5.74, 6) is 0.226. The Labute approximate surface area is 109 Å². The molecule has 1 aliphatic heterocycles. The fourth-order valence-electron chi connectivity index (χ4n) is 2.71. The Morgan fingerprint density at radius 1 is 1.28 bits per heavy atom. The highest BCUT2D eigenvalue weighted by Gasteiger charge is 2.33. The highest BCUT2D eigenvalue weighted by atomic mass is 16.1. The number of primary amides is 1. The van der Waals surface area contributed by atoms with E-state index in [0.717, 1.165) is 26.1 Å². The third-order valence-electron chi connectivity index (χ3n) is 3.89. The van der Waals surface area contributed by atoms with Gasteiger partial charge in [-0.15, -0.1) is 0 Å². The maximum Gasteiger partial charge on any atom is 0.222 e. The Balaban J connectivity index is 1.96. The molecule has 3 nitrogen and oxygen atoms in total. The number of rotatable bonds is 4. The Hall–Kier alpha value is -1.35. The number of carbonyl (C=O) groups excluding carboxylic acids is 1. The topological polar surface area (TPSA) is 46.3 Å². The lowest BCUT2D eigenvalue weighted by atomic mass is 9.98. The normalized spacial score (nSPS) is 24.3. The van der Waals surface area contributed by atoms with Crippen LogP contribution in [0.1, 0.15) is 25.0 Å². The summed E-state index contributed by atoms with van der Waals surface area (Å²) in [5.41, 5.74) is 8.09. The highest BCUT2D eigenvalue weighted by Crippen LogP contribution is 2.24. The summed E-state index contributed by atoms with van der Waals surface area (Å²) in [6, 6.07) is 8.73. The fraction of sp³-hybridized carbons (Fsp3) is 0.533. The van der Waals surface area contributed by atoms with Gasteiger partial charge in [0.05, 0.1) is 5.92 Å². The zero-order valence-electron chi connectivity index (χ0n) is 11.2. The van der Waals surface area contributed by atoms with Crippen LogP contribution in [0.4, 0.5) is 0 Å². The molecule has 1 aromatic rings. The molecule has 0 bridgehead atoms. The quantitative estimate of drug-likeness (QED) is 0.880. The van der Waals surface area contributed by atoms with Gasteiger partial charge in [0.1, 0.15) is 0 Å². The maximum atomic E-state index is 11.3. The van der Waals surface area contributed by atoms with Gasteiger partial charge in [-0.25, -0.2) is 0 Å². The molecule has 1 aromatic carbocycles. The molecule has 98 valence electrons. The van der Waals surface area contributed by atoms with Crippen LogP contribution in [0, 0.1) is 11.8 Å². The van der Waals surface area contributed by atoms with E-state index in [2.05, 4.69) is 43.0 Å². The largest absolute Gasteiger partial charge is 0.369 e. The van der Waals surface area contributed by atoms with Gasteiger partial charge >= 0.3 is 0 Å². The predicted octanol–water partition coefficient (Wildman–Crippen LogP) is 1.80. The molecule has 0 unspecified atom stereocenters. The van der Waals surface area contributed by atoms with E-state index in [-0.39, 0.29) is 11.8 Å². The lowest BCUT2D eigenvalue weighted by Crippen LogP contribution is -2.29. The van der Waals surface area contributed by atoms with Crippen LogP contribution in [0.15, 0.2) is 24.3 Å². The van der Waals surface area contributed by atoms with E-state index in [1.807, 2.05) is 0 Å². The third-order valence-corrected chi connectivity index (χ3v) is 3.89. The summed E-state index contributed by atoms with van der Waals surface area (Å²) in [5, 5.41) is 0. The summed E-state index contributed by atoms with van der Waals surface area (Å²) < 4.78 is 0. The molecule has 2 atom stereocenters. The number of carbonyl (C=O) groups is 1. The van der Waals surface area contributed by atoms with Crippen LogP contribution in [0.2, 0.25) is 0 Å². The molecule has 0 aromatic heterocycles. The molecular weight excluding hydrogens is 224 g/mol. The Morgan fingerprint density at radius 2 is 1.89 bits per heavy atom. The lowest BCUT2D eigenvalue weighted by molar-refractivity contribution is -0.122. The van der Waals surface area contributed by atoms with Crippen molar-refractivity contribution in [1.82, 2.24) is 4.90 Å². The summed E-state index contributed by atoms with van der Waals surface area (Å²) in [6.45, 7) is 6.94. The molecule has 0 radical (unpaired) electrons. The number of aryl methyl sites for hydroxylation is 1. The van der Waals surface area contributed by atoms with Crippen molar-refractivity contribution >= 4 is 5.91 Å². The van der Waals surface area contributed by atoms with Crippen LogP contribution in [0.25, 0.3) is 0 Å². The monoisotopic (exact) mass is 246 g/mol. The Kier molecular flexibility index (Phi) is 4.02. The molecule has 1 fully saturated rings. The van der Waals surface area contributed by atoms with E-state index in [1.54, 1.807) is 0 Å². The molecular formula is C15H22N2O.